The van der Waals surface area contributed by atoms with Gasteiger partial charge in [-0.1, -0.05) is 0 Å². The topological polar surface area (TPSA) is 57.7 Å². The number of hydrogen-bond donors (Lipinski definition) is 0. The van der Waals surface area contributed by atoms with Gasteiger partial charge in [-0.15, -0.1) is 0 Å². The van der Waals surface area contributed by atoms with Crippen LogP contribution in [0.25, 0.3) is 0 Å². The van der Waals surface area contributed by atoms with E-state index in [1.54, 1.807) is 14.1 Å². The minimum Gasteiger partial charge on any atom is -0.345 e. The van der Waals surface area contributed by atoms with Crippen molar-refractivity contribution in [3.63, 3.8) is 0 Å². The summed E-state index contributed by atoms with van der Waals surface area (Å²) in [6.45, 7) is 2.20. The molecular weight excluding hydrogens is 314 g/mol. The maximum Gasteiger partial charge on any atom is 0.253 e. The molecule has 0 fully saturated rings. The van der Waals surface area contributed by atoms with Gasteiger partial charge in [0.25, 0.3) is 12.3 Å². The first kappa shape index (κ1) is 18.5. The van der Waals surface area contributed by atoms with E-state index in [0.717, 1.165) is 4.31 Å². The largest absolute Gasteiger partial charge is 0.345 e. The predicted molar refractivity (Wildman–Crippen MR) is 79.5 cm³/mol. The molecule has 0 bridgehead atoms. The van der Waals surface area contributed by atoms with Gasteiger partial charge in [-0.3, -0.25) is 4.79 Å². The van der Waals surface area contributed by atoms with E-state index in [4.69, 9.17) is 0 Å². The summed E-state index contributed by atoms with van der Waals surface area (Å²) in [6.07, 6.45) is -2.76. The van der Waals surface area contributed by atoms with Crippen molar-refractivity contribution < 1.29 is 22.0 Å². The summed E-state index contributed by atoms with van der Waals surface area (Å²) in [5.41, 5.74) is 0.328. The van der Waals surface area contributed by atoms with Crippen molar-refractivity contribution >= 4 is 15.9 Å². The number of rotatable bonds is 6. The molecule has 0 saturated heterocycles. The molecule has 124 valence electrons. The molecule has 22 heavy (non-hydrogen) atoms. The molecule has 1 aromatic carbocycles. The van der Waals surface area contributed by atoms with E-state index in [-0.39, 0.29) is 10.8 Å². The van der Waals surface area contributed by atoms with Crippen LogP contribution in [-0.4, -0.2) is 56.6 Å². The zero-order valence-corrected chi connectivity index (χ0v) is 13.8. The Morgan fingerprint density at radius 1 is 1.14 bits per heavy atom. The van der Waals surface area contributed by atoms with Gasteiger partial charge in [0.2, 0.25) is 10.0 Å². The third-order valence-electron chi connectivity index (χ3n) is 3.01. The van der Waals surface area contributed by atoms with Gasteiger partial charge in [-0.2, -0.15) is 4.31 Å². The predicted octanol–water partition coefficient (Wildman–Crippen LogP) is 2.05. The Morgan fingerprint density at radius 2 is 1.64 bits per heavy atom. The Morgan fingerprint density at radius 3 is 2.00 bits per heavy atom. The normalized spacial score (nSPS) is 12.2. The van der Waals surface area contributed by atoms with Crippen molar-refractivity contribution in [3.05, 3.63) is 29.8 Å². The number of hydrogen-bond acceptors (Lipinski definition) is 3. The molecule has 0 radical (unpaired) electrons. The zero-order chi connectivity index (χ0) is 17.1. The van der Waals surface area contributed by atoms with Gasteiger partial charge in [0, 0.05) is 25.7 Å². The van der Waals surface area contributed by atoms with E-state index >= 15 is 0 Å². The lowest BCUT2D eigenvalue weighted by Gasteiger charge is -2.25. The molecule has 8 heteroatoms. The zero-order valence-electron chi connectivity index (χ0n) is 13.0. The molecule has 0 saturated carbocycles. The minimum absolute atomic E-state index is 0.114. The number of halogens is 2. The Labute approximate surface area is 129 Å². The average Bonchev–Trinajstić information content (AvgIpc) is 2.43. The minimum atomic E-state index is -4.03. The Kier molecular flexibility index (Phi) is 6.01. The number of nitrogens with zero attached hydrogens (tertiary/aromatic N) is 2. The van der Waals surface area contributed by atoms with Crippen LogP contribution in [0.15, 0.2) is 29.2 Å². The van der Waals surface area contributed by atoms with E-state index in [2.05, 4.69) is 0 Å². The van der Waals surface area contributed by atoms with Crippen LogP contribution in [0, 0.1) is 0 Å². The maximum atomic E-state index is 12.6. The molecule has 0 heterocycles. The molecule has 0 N–H and O–H groups in total. The third-order valence-corrected chi connectivity index (χ3v) is 5.06. The van der Waals surface area contributed by atoms with Crippen LogP contribution in [0.1, 0.15) is 24.2 Å². The molecule has 1 aromatic rings. The van der Waals surface area contributed by atoms with Crippen molar-refractivity contribution in [2.45, 2.75) is 31.2 Å². The summed E-state index contributed by atoms with van der Waals surface area (Å²) in [4.78, 5) is 13.0. The number of amides is 1. The lowest BCUT2D eigenvalue weighted by Crippen LogP contribution is -2.40. The highest BCUT2D eigenvalue weighted by atomic mass is 32.2. The molecule has 0 aromatic heterocycles. The van der Waals surface area contributed by atoms with Crippen molar-refractivity contribution in [1.82, 2.24) is 9.21 Å². The van der Waals surface area contributed by atoms with Gasteiger partial charge in [0.1, 0.15) is 0 Å². The second kappa shape index (κ2) is 7.15. The standard InChI is InChI=1S/C14H20F2N2O3S/c1-10(2)18(9-13(15)16)22(20,21)12-7-5-11(6-8-12)14(19)17(3)4/h5-8,10,13H,9H2,1-4H3. The fraction of sp³-hybridized carbons (Fsp3) is 0.500. The fourth-order valence-electron chi connectivity index (χ4n) is 1.89. The highest BCUT2D eigenvalue weighted by Gasteiger charge is 2.29. The second-order valence-corrected chi connectivity index (χ2v) is 7.17. The molecule has 1 rings (SSSR count). The Hall–Kier alpha value is -1.54. The van der Waals surface area contributed by atoms with E-state index < -0.39 is 29.0 Å². The van der Waals surface area contributed by atoms with Gasteiger partial charge >= 0.3 is 0 Å². The highest BCUT2D eigenvalue weighted by Crippen LogP contribution is 2.20. The van der Waals surface area contributed by atoms with Gasteiger partial charge in [0.15, 0.2) is 0 Å². The second-order valence-electron chi connectivity index (χ2n) is 5.28. The van der Waals surface area contributed by atoms with Crippen LogP contribution < -0.4 is 0 Å². The van der Waals surface area contributed by atoms with Gasteiger partial charge in [-0.25, -0.2) is 17.2 Å². The van der Waals surface area contributed by atoms with Crippen LogP contribution in [0.3, 0.4) is 0 Å². The third kappa shape index (κ3) is 4.23. The number of carbonyl (C=O) groups excluding carboxylic acids is 1. The highest BCUT2D eigenvalue weighted by molar-refractivity contribution is 7.89. The summed E-state index contributed by atoms with van der Waals surface area (Å²) in [5, 5.41) is 0. The molecule has 0 aliphatic rings. The summed E-state index contributed by atoms with van der Waals surface area (Å²) in [5.74, 6) is -0.266. The maximum absolute atomic E-state index is 12.6. The lowest BCUT2D eigenvalue weighted by atomic mass is 10.2. The first-order valence-corrected chi connectivity index (χ1v) is 8.13. The molecule has 0 aliphatic carbocycles. The first-order chi connectivity index (χ1) is 10.1. The molecule has 0 aliphatic heterocycles. The molecule has 0 unspecified atom stereocenters. The van der Waals surface area contributed by atoms with Crippen molar-refractivity contribution in [2.24, 2.45) is 0 Å². The average molecular weight is 334 g/mol. The summed E-state index contributed by atoms with van der Waals surface area (Å²) in [6, 6.07) is 4.66. The Bertz CT molecular complexity index is 613. The lowest BCUT2D eigenvalue weighted by molar-refractivity contribution is 0.0827. The number of alkyl halides is 2. The van der Waals surface area contributed by atoms with Crippen LogP contribution in [-0.2, 0) is 10.0 Å². The van der Waals surface area contributed by atoms with Gasteiger partial charge in [-0.05, 0) is 38.1 Å². The number of carbonyl (C=O) groups is 1. The van der Waals surface area contributed by atoms with Crippen LogP contribution >= 0.6 is 0 Å². The Balaban J connectivity index is 3.14. The van der Waals surface area contributed by atoms with Crippen molar-refractivity contribution in [3.8, 4) is 0 Å². The number of sulfonamides is 1. The first-order valence-electron chi connectivity index (χ1n) is 6.69. The summed E-state index contributed by atoms with van der Waals surface area (Å²) in [7, 11) is -0.871. The molecular formula is C14H20F2N2O3S. The van der Waals surface area contributed by atoms with Crippen molar-refractivity contribution in [2.75, 3.05) is 20.6 Å². The van der Waals surface area contributed by atoms with E-state index in [0.29, 0.717) is 5.56 Å². The van der Waals surface area contributed by atoms with E-state index in [1.807, 2.05) is 0 Å². The van der Waals surface area contributed by atoms with Crippen molar-refractivity contribution in [1.29, 1.82) is 0 Å². The number of benzene rings is 1. The van der Waals surface area contributed by atoms with Crippen LogP contribution in [0.5, 0.6) is 0 Å². The quantitative estimate of drug-likeness (QED) is 0.800. The van der Waals surface area contributed by atoms with Crippen LogP contribution in [0.2, 0.25) is 0 Å². The summed E-state index contributed by atoms with van der Waals surface area (Å²) < 4.78 is 50.8. The SMILES string of the molecule is CC(C)N(CC(F)F)S(=O)(=O)c1ccc(C(=O)N(C)C)cc1. The summed E-state index contributed by atoms with van der Waals surface area (Å²) >= 11 is 0. The van der Waals surface area contributed by atoms with Crippen LogP contribution in [0.4, 0.5) is 8.78 Å². The van der Waals surface area contributed by atoms with E-state index in [1.165, 1.54) is 43.0 Å². The molecule has 0 atom stereocenters. The van der Waals surface area contributed by atoms with Gasteiger partial charge < -0.3 is 4.90 Å². The monoisotopic (exact) mass is 334 g/mol. The van der Waals surface area contributed by atoms with E-state index in [9.17, 15) is 22.0 Å². The molecule has 5 nitrogen and oxygen atoms in total. The fourth-order valence-corrected chi connectivity index (χ4v) is 3.50. The molecule has 0 spiro atoms. The molecule has 1 amide bonds. The smallest absolute Gasteiger partial charge is 0.253 e. The van der Waals surface area contributed by atoms with Gasteiger partial charge in [0.05, 0.1) is 11.4 Å².